The van der Waals surface area contributed by atoms with Gasteiger partial charge in [-0.2, -0.15) is 0 Å². The van der Waals surface area contributed by atoms with E-state index in [0.29, 0.717) is 13.1 Å². The zero-order valence-corrected chi connectivity index (χ0v) is 7.48. The van der Waals surface area contributed by atoms with E-state index in [2.05, 4.69) is 10.3 Å². The summed E-state index contributed by atoms with van der Waals surface area (Å²) >= 11 is 0. The van der Waals surface area contributed by atoms with Crippen LogP contribution in [0.25, 0.3) is 0 Å². The van der Waals surface area contributed by atoms with Crippen LogP contribution in [0.4, 0.5) is 0 Å². The fraction of sp³-hybridized carbons (Fsp3) is 0.444. The van der Waals surface area contributed by atoms with Crippen LogP contribution in [0.5, 0.6) is 0 Å². The molecule has 1 atom stereocenters. The number of hydrogen-bond donors (Lipinski definition) is 3. The molecular formula is C9H15N3O. The second kappa shape index (κ2) is 5.64. The molecule has 4 heteroatoms. The van der Waals surface area contributed by atoms with Crippen LogP contribution in [0.15, 0.2) is 24.5 Å². The van der Waals surface area contributed by atoms with Crippen molar-refractivity contribution in [1.29, 1.82) is 0 Å². The Morgan fingerprint density at radius 2 is 2.46 bits per heavy atom. The van der Waals surface area contributed by atoms with E-state index in [1.54, 1.807) is 12.4 Å². The van der Waals surface area contributed by atoms with Gasteiger partial charge < -0.3 is 16.2 Å². The first kappa shape index (κ1) is 10.1. The first-order valence-corrected chi connectivity index (χ1v) is 4.33. The molecule has 1 aromatic heterocycles. The van der Waals surface area contributed by atoms with E-state index < -0.39 is 6.10 Å². The Labute approximate surface area is 77.8 Å². The van der Waals surface area contributed by atoms with Crippen molar-refractivity contribution in [1.82, 2.24) is 10.3 Å². The van der Waals surface area contributed by atoms with Gasteiger partial charge in [-0.05, 0) is 6.07 Å². The third kappa shape index (κ3) is 3.50. The van der Waals surface area contributed by atoms with Crippen LogP contribution >= 0.6 is 0 Å². The molecule has 0 saturated carbocycles. The summed E-state index contributed by atoms with van der Waals surface area (Å²) in [5.74, 6) is 0. The molecule has 0 spiro atoms. The molecule has 72 valence electrons. The molecule has 4 nitrogen and oxygen atoms in total. The molecular weight excluding hydrogens is 166 g/mol. The van der Waals surface area contributed by atoms with Crippen LogP contribution in [0.2, 0.25) is 0 Å². The van der Waals surface area contributed by atoms with Crippen molar-refractivity contribution in [2.45, 2.75) is 6.10 Å². The zero-order chi connectivity index (χ0) is 9.52. The summed E-state index contributed by atoms with van der Waals surface area (Å²) in [5.41, 5.74) is 6.12. The number of rotatable bonds is 5. The maximum atomic E-state index is 9.60. The van der Waals surface area contributed by atoms with Gasteiger partial charge >= 0.3 is 0 Å². The summed E-state index contributed by atoms with van der Waals surface area (Å²) in [5, 5.41) is 12.6. The fourth-order valence-corrected chi connectivity index (χ4v) is 1.03. The number of nitrogens with one attached hydrogen (secondary N) is 1. The van der Waals surface area contributed by atoms with Crippen molar-refractivity contribution in [3.05, 3.63) is 30.1 Å². The number of hydrogen-bond acceptors (Lipinski definition) is 4. The van der Waals surface area contributed by atoms with E-state index >= 15 is 0 Å². The summed E-state index contributed by atoms with van der Waals surface area (Å²) in [6.45, 7) is 1.82. The number of nitrogens with zero attached hydrogens (tertiary/aromatic N) is 1. The molecule has 1 heterocycles. The van der Waals surface area contributed by atoms with Crippen LogP contribution in [0.1, 0.15) is 11.7 Å². The van der Waals surface area contributed by atoms with Crippen molar-refractivity contribution in [3.63, 3.8) is 0 Å². The van der Waals surface area contributed by atoms with Gasteiger partial charge in [-0.3, -0.25) is 4.98 Å². The highest BCUT2D eigenvalue weighted by Gasteiger charge is 2.05. The van der Waals surface area contributed by atoms with Gasteiger partial charge in [-0.1, -0.05) is 6.07 Å². The average Bonchev–Trinajstić information content (AvgIpc) is 2.19. The van der Waals surface area contributed by atoms with E-state index in [4.69, 9.17) is 5.73 Å². The van der Waals surface area contributed by atoms with E-state index in [0.717, 1.165) is 12.1 Å². The van der Waals surface area contributed by atoms with Gasteiger partial charge in [0.25, 0.3) is 0 Å². The van der Waals surface area contributed by atoms with Crippen LogP contribution in [0, 0.1) is 0 Å². The maximum absolute atomic E-state index is 9.60. The molecule has 0 saturated heterocycles. The van der Waals surface area contributed by atoms with Gasteiger partial charge in [0.15, 0.2) is 0 Å². The Bertz CT molecular complexity index is 228. The second-order valence-corrected chi connectivity index (χ2v) is 2.79. The molecule has 13 heavy (non-hydrogen) atoms. The van der Waals surface area contributed by atoms with Gasteiger partial charge in [0.05, 0.1) is 6.10 Å². The zero-order valence-electron chi connectivity index (χ0n) is 7.48. The molecule has 0 fully saturated rings. The summed E-state index contributed by atoms with van der Waals surface area (Å²) in [6.07, 6.45) is 2.85. The fourth-order valence-electron chi connectivity index (χ4n) is 1.03. The summed E-state index contributed by atoms with van der Waals surface area (Å²) < 4.78 is 0. The molecule has 0 bridgehead atoms. The third-order valence-corrected chi connectivity index (χ3v) is 1.73. The molecule has 0 aliphatic carbocycles. The topological polar surface area (TPSA) is 71.2 Å². The van der Waals surface area contributed by atoms with E-state index in [1.165, 1.54) is 0 Å². The van der Waals surface area contributed by atoms with Gasteiger partial charge in [0, 0.05) is 37.6 Å². The number of aromatic nitrogens is 1. The third-order valence-electron chi connectivity index (χ3n) is 1.73. The van der Waals surface area contributed by atoms with E-state index in [-0.39, 0.29) is 0 Å². The van der Waals surface area contributed by atoms with Gasteiger partial charge in [-0.25, -0.2) is 0 Å². The quantitative estimate of drug-likeness (QED) is 0.544. The number of nitrogens with two attached hydrogens (primary N) is 1. The van der Waals surface area contributed by atoms with Crippen molar-refractivity contribution in [2.24, 2.45) is 5.73 Å². The Hall–Kier alpha value is -0.970. The number of aliphatic hydroxyl groups excluding tert-OH is 1. The lowest BCUT2D eigenvalue weighted by molar-refractivity contribution is 0.175. The van der Waals surface area contributed by atoms with Crippen LogP contribution in [-0.4, -0.2) is 29.7 Å². The van der Waals surface area contributed by atoms with E-state index in [9.17, 15) is 5.11 Å². The van der Waals surface area contributed by atoms with Crippen molar-refractivity contribution >= 4 is 0 Å². The molecule has 1 rings (SSSR count). The highest BCUT2D eigenvalue weighted by molar-refractivity contribution is 5.11. The molecule has 4 N–H and O–H groups in total. The number of aliphatic hydroxyl groups is 1. The van der Waals surface area contributed by atoms with Gasteiger partial charge in [0.1, 0.15) is 0 Å². The standard InChI is InChI=1S/C9H15N3O/c10-3-5-12-7-9(13)8-2-1-4-11-6-8/h1-2,4,6,9,12-13H,3,5,7,10H2. The Kier molecular flexibility index (Phi) is 4.39. The van der Waals surface area contributed by atoms with Crippen molar-refractivity contribution in [2.75, 3.05) is 19.6 Å². The highest BCUT2D eigenvalue weighted by Crippen LogP contribution is 2.08. The second-order valence-electron chi connectivity index (χ2n) is 2.79. The summed E-state index contributed by atoms with van der Waals surface area (Å²) in [4.78, 5) is 3.92. The minimum atomic E-state index is -0.500. The lowest BCUT2D eigenvalue weighted by Crippen LogP contribution is -2.27. The first-order valence-electron chi connectivity index (χ1n) is 4.33. The first-order chi connectivity index (χ1) is 6.34. The van der Waals surface area contributed by atoms with E-state index in [1.807, 2.05) is 12.1 Å². The Balaban J connectivity index is 2.35. The van der Waals surface area contributed by atoms with Crippen LogP contribution < -0.4 is 11.1 Å². The molecule has 1 aromatic rings. The van der Waals surface area contributed by atoms with Crippen molar-refractivity contribution < 1.29 is 5.11 Å². The molecule has 0 aromatic carbocycles. The summed E-state index contributed by atoms with van der Waals surface area (Å²) in [7, 11) is 0. The van der Waals surface area contributed by atoms with Crippen molar-refractivity contribution in [3.8, 4) is 0 Å². The minimum absolute atomic E-state index is 0.500. The van der Waals surface area contributed by atoms with Gasteiger partial charge in [-0.15, -0.1) is 0 Å². The normalized spacial score (nSPS) is 12.8. The maximum Gasteiger partial charge on any atom is 0.0929 e. The van der Waals surface area contributed by atoms with Gasteiger partial charge in [0.2, 0.25) is 0 Å². The summed E-state index contributed by atoms with van der Waals surface area (Å²) in [6, 6.07) is 3.66. The molecule has 0 amide bonds. The lowest BCUT2D eigenvalue weighted by atomic mass is 10.1. The molecule has 0 aliphatic rings. The predicted molar refractivity (Wildman–Crippen MR) is 51.1 cm³/mol. The van der Waals surface area contributed by atoms with Crippen LogP contribution in [-0.2, 0) is 0 Å². The molecule has 1 unspecified atom stereocenters. The lowest BCUT2D eigenvalue weighted by Gasteiger charge is -2.10. The Morgan fingerprint density at radius 1 is 1.62 bits per heavy atom. The highest BCUT2D eigenvalue weighted by atomic mass is 16.3. The monoisotopic (exact) mass is 181 g/mol. The predicted octanol–water partition coefficient (Wildman–Crippen LogP) is -0.337. The average molecular weight is 181 g/mol. The molecule has 0 radical (unpaired) electrons. The SMILES string of the molecule is NCCNCC(O)c1cccnc1. The van der Waals surface area contributed by atoms with Crippen LogP contribution in [0.3, 0.4) is 0 Å². The largest absolute Gasteiger partial charge is 0.387 e. The smallest absolute Gasteiger partial charge is 0.0929 e. The Morgan fingerprint density at radius 3 is 3.08 bits per heavy atom. The molecule has 0 aliphatic heterocycles. The number of pyridine rings is 1. The minimum Gasteiger partial charge on any atom is -0.387 e.